The average molecular weight is 309 g/mol. The number of hydrogen-bond acceptors (Lipinski definition) is 3. The van der Waals surface area contributed by atoms with Gasteiger partial charge in [0.25, 0.3) is 5.56 Å². The molecule has 0 unspecified atom stereocenters. The lowest BCUT2D eigenvalue weighted by atomic mass is 9.91. The summed E-state index contributed by atoms with van der Waals surface area (Å²) in [6.45, 7) is 5.62. The molecule has 1 amide bonds. The van der Waals surface area contributed by atoms with Gasteiger partial charge in [-0.2, -0.15) is 5.26 Å². The standard InChI is InChI=1S/C18H19N3O2/c1-13-5-4-10-21(16(13)22)12-18(2,3)17(23)20-15-8-6-14(11-19)7-9-15/h4-10H,12H2,1-3H3,(H,20,23). The molecule has 0 bridgehead atoms. The minimum absolute atomic E-state index is 0.0910. The molecule has 0 fully saturated rings. The third-order valence-corrected chi connectivity index (χ3v) is 3.66. The van der Waals surface area contributed by atoms with E-state index in [-0.39, 0.29) is 18.0 Å². The first-order valence-corrected chi connectivity index (χ1v) is 7.31. The third-order valence-electron chi connectivity index (χ3n) is 3.66. The average Bonchev–Trinajstić information content (AvgIpc) is 2.52. The summed E-state index contributed by atoms with van der Waals surface area (Å²) in [4.78, 5) is 24.6. The van der Waals surface area contributed by atoms with Gasteiger partial charge in [0, 0.05) is 24.0 Å². The van der Waals surface area contributed by atoms with E-state index in [2.05, 4.69) is 5.32 Å². The highest BCUT2D eigenvalue weighted by atomic mass is 16.2. The minimum atomic E-state index is -0.758. The van der Waals surface area contributed by atoms with E-state index in [1.807, 2.05) is 6.07 Å². The summed E-state index contributed by atoms with van der Waals surface area (Å²) in [5, 5.41) is 11.6. The number of hydrogen-bond donors (Lipinski definition) is 1. The van der Waals surface area contributed by atoms with Crippen LogP contribution in [0.15, 0.2) is 47.4 Å². The molecular weight excluding hydrogens is 290 g/mol. The molecular formula is C18H19N3O2. The minimum Gasteiger partial charge on any atom is -0.326 e. The van der Waals surface area contributed by atoms with Crippen LogP contribution in [0.5, 0.6) is 0 Å². The van der Waals surface area contributed by atoms with Crippen molar-refractivity contribution in [3.05, 3.63) is 64.1 Å². The highest BCUT2D eigenvalue weighted by molar-refractivity contribution is 5.94. The van der Waals surface area contributed by atoms with Gasteiger partial charge in [-0.05, 0) is 51.1 Å². The zero-order valence-corrected chi connectivity index (χ0v) is 13.5. The van der Waals surface area contributed by atoms with Crippen LogP contribution in [-0.2, 0) is 11.3 Å². The molecule has 1 heterocycles. The molecule has 0 saturated carbocycles. The Hall–Kier alpha value is -2.87. The first-order chi connectivity index (χ1) is 10.8. The maximum Gasteiger partial charge on any atom is 0.253 e. The first-order valence-electron chi connectivity index (χ1n) is 7.31. The van der Waals surface area contributed by atoms with Crippen molar-refractivity contribution in [2.24, 2.45) is 5.41 Å². The number of anilines is 1. The highest BCUT2D eigenvalue weighted by Crippen LogP contribution is 2.21. The fourth-order valence-electron chi connectivity index (χ4n) is 2.21. The molecule has 0 aliphatic rings. The van der Waals surface area contributed by atoms with Gasteiger partial charge in [-0.15, -0.1) is 0 Å². The molecule has 5 nitrogen and oxygen atoms in total. The van der Waals surface area contributed by atoms with E-state index in [9.17, 15) is 9.59 Å². The van der Waals surface area contributed by atoms with Crippen LogP contribution >= 0.6 is 0 Å². The van der Waals surface area contributed by atoms with Crippen LogP contribution in [0.3, 0.4) is 0 Å². The fourth-order valence-corrected chi connectivity index (χ4v) is 2.21. The molecule has 0 radical (unpaired) electrons. The van der Waals surface area contributed by atoms with Gasteiger partial charge in [0.15, 0.2) is 0 Å². The van der Waals surface area contributed by atoms with Crippen LogP contribution < -0.4 is 10.9 Å². The van der Waals surface area contributed by atoms with Gasteiger partial charge in [-0.1, -0.05) is 6.07 Å². The van der Waals surface area contributed by atoms with Crippen LogP contribution in [0, 0.1) is 23.7 Å². The Balaban J connectivity index is 2.14. The van der Waals surface area contributed by atoms with Crippen molar-refractivity contribution in [1.29, 1.82) is 5.26 Å². The second-order valence-corrected chi connectivity index (χ2v) is 6.15. The summed E-state index contributed by atoms with van der Waals surface area (Å²) >= 11 is 0. The largest absolute Gasteiger partial charge is 0.326 e. The number of carbonyl (C=O) groups excluding carboxylic acids is 1. The Morgan fingerprint density at radius 1 is 1.26 bits per heavy atom. The van der Waals surface area contributed by atoms with Crippen molar-refractivity contribution in [3.8, 4) is 6.07 Å². The summed E-state index contributed by atoms with van der Waals surface area (Å²) in [5.74, 6) is -0.185. The van der Waals surface area contributed by atoms with E-state index >= 15 is 0 Å². The number of nitrogens with zero attached hydrogens (tertiary/aromatic N) is 2. The van der Waals surface area contributed by atoms with Crippen LogP contribution in [0.1, 0.15) is 25.0 Å². The van der Waals surface area contributed by atoms with E-state index in [1.165, 1.54) is 0 Å². The van der Waals surface area contributed by atoms with E-state index < -0.39 is 5.41 Å². The second kappa shape index (κ2) is 6.49. The van der Waals surface area contributed by atoms with Gasteiger partial charge in [0.1, 0.15) is 0 Å². The number of pyridine rings is 1. The Bertz CT molecular complexity index is 811. The zero-order valence-electron chi connectivity index (χ0n) is 13.5. The summed E-state index contributed by atoms with van der Waals surface area (Å²) in [6, 6.07) is 12.2. The quantitative estimate of drug-likeness (QED) is 0.943. The topological polar surface area (TPSA) is 74.9 Å². The molecule has 23 heavy (non-hydrogen) atoms. The SMILES string of the molecule is Cc1cccn(CC(C)(C)C(=O)Nc2ccc(C#N)cc2)c1=O. The van der Waals surface area contributed by atoms with Crippen molar-refractivity contribution in [3.63, 3.8) is 0 Å². The Morgan fingerprint density at radius 2 is 1.91 bits per heavy atom. The van der Waals surface area contributed by atoms with E-state index in [0.29, 0.717) is 16.8 Å². The summed E-state index contributed by atoms with van der Waals surface area (Å²) < 4.78 is 1.55. The van der Waals surface area contributed by atoms with Crippen molar-refractivity contribution < 1.29 is 4.79 Å². The third kappa shape index (κ3) is 3.86. The molecule has 2 rings (SSSR count). The van der Waals surface area contributed by atoms with Crippen LogP contribution in [-0.4, -0.2) is 10.5 Å². The molecule has 0 atom stereocenters. The van der Waals surface area contributed by atoms with Crippen molar-refractivity contribution in [2.75, 3.05) is 5.32 Å². The summed E-state index contributed by atoms with van der Waals surface area (Å²) in [5.41, 5.74) is 0.959. The van der Waals surface area contributed by atoms with E-state index in [0.717, 1.165) is 0 Å². The highest BCUT2D eigenvalue weighted by Gasteiger charge is 2.28. The van der Waals surface area contributed by atoms with Gasteiger partial charge in [-0.3, -0.25) is 9.59 Å². The Kier molecular flexibility index (Phi) is 4.65. The first kappa shape index (κ1) is 16.5. The van der Waals surface area contributed by atoms with Gasteiger partial charge < -0.3 is 9.88 Å². The fraction of sp³-hybridized carbons (Fsp3) is 0.278. The van der Waals surface area contributed by atoms with Crippen molar-refractivity contribution >= 4 is 11.6 Å². The molecule has 2 aromatic rings. The maximum atomic E-state index is 12.5. The predicted molar refractivity (Wildman–Crippen MR) is 89.0 cm³/mol. The number of rotatable bonds is 4. The monoisotopic (exact) mass is 309 g/mol. The number of aromatic nitrogens is 1. The lowest BCUT2D eigenvalue weighted by molar-refractivity contribution is -0.124. The molecule has 0 aliphatic carbocycles. The maximum absolute atomic E-state index is 12.5. The number of nitriles is 1. The summed E-state index contributed by atoms with van der Waals surface area (Å²) in [7, 11) is 0. The molecule has 1 N–H and O–H groups in total. The molecule has 118 valence electrons. The molecule has 0 aliphatic heterocycles. The van der Waals surface area contributed by atoms with E-state index in [1.54, 1.807) is 67.9 Å². The number of nitrogens with one attached hydrogen (secondary N) is 1. The van der Waals surface area contributed by atoms with Crippen molar-refractivity contribution in [2.45, 2.75) is 27.3 Å². The smallest absolute Gasteiger partial charge is 0.253 e. The lowest BCUT2D eigenvalue weighted by Gasteiger charge is -2.24. The number of benzene rings is 1. The zero-order chi connectivity index (χ0) is 17.0. The number of carbonyl (C=O) groups is 1. The molecule has 5 heteroatoms. The Morgan fingerprint density at radius 3 is 2.52 bits per heavy atom. The molecule has 1 aromatic heterocycles. The van der Waals surface area contributed by atoms with Crippen LogP contribution in [0.4, 0.5) is 5.69 Å². The van der Waals surface area contributed by atoms with Gasteiger partial charge >= 0.3 is 0 Å². The lowest BCUT2D eigenvalue weighted by Crippen LogP contribution is -2.38. The Labute approximate surface area is 135 Å². The van der Waals surface area contributed by atoms with Gasteiger partial charge in [0.05, 0.1) is 17.0 Å². The summed E-state index contributed by atoms with van der Waals surface area (Å²) in [6.07, 6.45) is 1.69. The molecule has 0 saturated heterocycles. The predicted octanol–water partition coefficient (Wildman–Crippen LogP) is 2.69. The van der Waals surface area contributed by atoms with Gasteiger partial charge in [0.2, 0.25) is 5.91 Å². The molecule has 1 aromatic carbocycles. The number of amides is 1. The van der Waals surface area contributed by atoms with Crippen LogP contribution in [0.25, 0.3) is 0 Å². The molecule has 0 spiro atoms. The van der Waals surface area contributed by atoms with Crippen LogP contribution in [0.2, 0.25) is 0 Å². The normalized spacial score (nSPS) is 10.9. The second-order valence-electron chi connectivity index (χ2n) is 6.15. The number of aryl methyl sites for hydroxylation is 1. The van der Waals surface area contributed by atoms with E-state index in [4.69, 9.17) is 5.26 Å². The van der Waals surface area contributed by atoms with Crippen molar-refractivity contribution in [1.82, 2.24) is 4.57 Å². The van der Waals surface area contributed by atoms with Gasteiger partial charge in [-0.25, -0.2) is 0 Å².